The van der Waals surface area contributed by atoms with Gasteiger partial charge in [-0.05, 0) is 24.6 Å². The minimum atomic E-state index is -1.15. The van der Waals surface area contributed by atoms with E-state index in [2.05, 4.69) is 0 Å². The summed E-state index contributed by atoms with van der Waals surface area (Å²) in [6, 6.07) is 9.21. The lowest BCUT2D eigenvalue weighted by molar-refractivity contribution is 0.212. The highest BCUT2D eigenvalue weighted by atomic mass is 32.2. The second-order valence-corrected chi connectivity index (χ2v) is 4.63. The van der Waals surface area contributed by atoms with Crippen LogP contribution in [0.15, 0.2) is 46.7 Å². The van der Waals surface area contributed by atoms with E-state index in [-0.39, 0.29) is 0 Å². The van der Waals surface area contributed by atoms with Gasteiger partial charge in [0.25, 0.3) is 0 Å². The highest BCUT2D eigenvalue weighted by molar-refractivity contribution is 7.88. The molecule has 0 bridgehead atoms. The SMILES string of the molecule is CCCC(O)/C=C/S(=O)c1ccccc1. The maximum atomic E-state index is 11.7. The maximum absolute atomic E-state index is 11.7. The van der Waals surface area contributed by atoms with Crippen molar-refractivity contribution in [1.82, 2.24) is 0 Å². The zero-order chi connectivity index (χ0) is 11.1. The van der Waals surface area contributed by atoms with Gasteiger partial charge in [0.1, 0.15) is 0 Å². The second-order valence-electron chi connectivity index (χ2n) is 3.30. The number of aliphatic hydroxyl groups excluding tert-OH is 1. The van der Waals surface area contributed by atoms with Crippen molar-refractivity contribution < 1.29 is 9.32 Å². The standard InChI is InChI=1S/C12H16O2S/c1-2-6-11(13)9-10-15(14)12-7-4-3-5-8-12/h3-5,7-11,13H,2,6H2,1H3/b10-9+. The summed E-state index contributed by atoms with van der Waals surface area (Å²) < 4.78 is 11.7. The average molecular weight is 224 g/mol. The van der Waals surface area contributed by atoms with E-state index >= 15 is 0 Å². The number of aliphatic hydroxyl groups is 1. The highest BCUT2D eigenvalue weighted by Crippen LogP contribution is 2.07. The van der Waals surface area contributed by atoms with E-state index in [4.69, 9.17) is 0 Å². The van der Waals surface area contributed by atoms with Gasteiger partial charge in [-0.1, -0.05) is 31.5 Å². The molecule has 0 heterocycles. The van der Waals surface area contributed by atoms with Crippen LogP contribution in [-0.2, 0) is 10.8 Å². The Balaban J connectivity index is 2.56. The predicted octanol–water partition coefficient (Wildman–Crippen LogP) is 2.47. The van der Waals surface area contributed by atoms with Crippen LogP contribution in [0.1, 0.15) is 19.8 Å². The van der Waals surface area contributed by atoms with Gasteiger partial charge in [0.15, 0.2) is 0 Å². The largest absolute Gasteiger partial charge is 0.389 e. The van der Waals surface area contributed by atoms with Crippen molar-refractivity contribution in [3.63, 3.8) is 0 Å². The van der Waals surface area contributed by atoms with E-state index in [1.165, 1.54) is 0 Å². The molecule has 3 heteroatoms. The molecular formula is C12H16O2S. The molecule has 1 N–H and O–H groups in total. The molecular weight excluding hydrogens is 208 g/mol. The lowest BCUT2D eigenvalue weighted by Crippen LogP contribution is -2.01. The molecule has 0 aliphatic rings. The average Bonchev–Trinajstić information content (AvgIpc) is 2.27. The molecule has 2 unspecified atom stereocenters. The molecule has 15 heavy (non-hydrogen) atoms. The fourth-order valence-electron chi connectivity index (χ4n) is 1.19. The summed E-state index contributed by atoms with van der Waals surface area (Å²) in [4.78, 5) is 0.762. The Bertz CT molecular complexity index is 333. The van der Waals surface area contributed by atoms with Crippen LogP contribution in [0.3, 0.4) is 0 Å². The molecule has 1 aromatic carbocycles. The van der Waals surface area contributed by atoms with Gasteiger partial charge < -0.3 is 5.11 Å². The third-order valence-electron chi connectivity index (χ3n) is 1.98. The molecule has 82 valence electrons. The first-order valence-electron chi connectivity index (χ1n) is 5.06. The smallest absolute Gasteiger partial charge is 0.0773 e. The van der Waals surface area contributed by atoms with Crippen LogP contribution in [0.2, 0.25) is 0 Å². The molecule has 0 amide bonds. The zero-order valence-electron chi connectivity index (χ0n) is 8.80. The Hall–Kier alpha value is -0.930. The Morgan fingerprint density at radius 2 is 2.07 bits per heavy atom. The molecule has 0 aromatic heterocycles. The first-order valence-corrected chi connectivity index (χ1v) is 6.27. The van der Waals surface area contributed by atoms with Crippen LogP contribution in [0.4, 0.5) is 0 Å². The molecule has 0 aliphatic heterocycles. The van der Waals surface area contributed by atoms with Crippen LogP contribution >= 0.6 is 0 Å². The Morgan fingerprint density at radius 3 is 2.67 bits per heavy atom. The molecule has 0 saturated carbocycles. The van der Waals surface area contributed by atoms with Crippen molar-refractivity contribution in [2.45, 2.75) is 30.8 Å². The highest BCUT2D eigenvalue weighted by Gasteiger charge is 2.00. The fourth-order valence-corrected chi connectivity index (χ4v) is 2.09. The fraction of sp³-hybridized carbons (Fsp3) is 0.333. The van der Waals surface area contributed by atoms with Crippen molar-refractivity contribution >= 4 is 10.8 Å². The molecule has 2 atom stereocenters. The maximum Gasteiger partial charge on any atom is 0.0773 e. The number of hydrogen-bond acceptors (Lipinski definition) is 2. The molecule has 1 aromatic rings. The first-order chi connectivity index (χ1) is 7.24. The Kier molecular flexibility index (Phi) is 5.29. The van der Waals surface area contributed by atoms with Crippen LogP contribution in [0, 0.1) is 0 Å². The van der Waals surface area contributed by atoms with Crippen LogP contribution in [-0.4, -0.2) is 15.4 Å². The van der Waals surface area contributed by atoms with Crippen molar-refractivity contribution in [2.24, 2.45) is 0 Å². The quantitative estimate of drug-likeness (QED) is 0.834. The van der Waals surface area contributed by atoms with E-state index in [9.17, 15) is 9.32 Å². The molecule has 0 spiro atoms. The van der Waals surface area contributed by atoms with Gasteiger partial charge in [-0.15, -0.1) is 0 Å². The Labute approximate surface area is 93.1 Å². The van der Waals surface area contributed by atoms with E-state index in [1.54, 1.807) is 11.5 Å². The molecule has 2 nitrogen and oxygen atoms in total. The van der Waals surface area contributed by atoms with E-state index in [0.717, 1.165) is 11.3 Å². The monoisotopic (exact) mass is 224 g/mol. The first kappa shape index (κ1) is 12.1. The van der Waals surface area contributed by atoms with E-state index in [0.29, 0.717) is 6.42 Å². The van der Waals surface area contributed by atoms with Crippen molar-refractivity contribution in [2.75, 3.05) is 0 Å². The van der Waals surface area contributed by atoms with E-state index in [1.807, 2.05) is 37.3 Å². The van der Waals surface area contributed by atoms with Crippen molar-refractivity contribution in [3.8, 4) is 0 Å². The zero-order valence-corrected chi connectivity index (χ0v) is 9.61. The van der Waals surface area contributed by atoms with Gasteiger partial charge in [-0.25, -0.2) is 4.21 Å². The molecule has 0 aliphatic carbocycles. The van der Waals surface area contributed by atoms with Gasteiger partial charge >= 0.3 is 0 Å². The van der Waals surface area contributed by atoms with Gasteiger partial charge in [-0.2, -0.15) is 0 Å². The minimum Gasteiger partial charge on any atom is -0.389 e. The summed E-state index contributed by atoms with van der Waals surface area (Å²) in [5.41, 5.74) is 0. The Morgan fingerprint density at radius 1 is 1.40 bits per heavy atom. The molecule has 0 radical (unpaired) electrons. The topological polar surface area (TPSA) is 37.3 Å². The molecule has 0 saturated heterocycles. The van der Waals surface area contributed by atoms with Crippen LogP contribution in [0.25, 0.3) is 0 Å². The molecule has 1 rings (SSSR count). The number of hydrogen-bond donors (Lipinski definition) is 1. The summed E-state index contributed by atoms with van der Waals surface area (Å²) in [7, 11) is -1.15. The third kappa shape index (κ3) is 4.40. The van der Waals surface area contributed by atoms with Gasteiger partial charge in [0.05, 0.1) is 16.9 Å². The molecule has 0 fully saturated rings. The van der Waals surface area contributed by atoms with Gasteiger partial charge in [0, 0.05) is 10.3 Å². The van der Waals surface area contributed by atoms with Crippen molar-refractivity contribution in [1.29, 1.82) is 0 Å². The number of benzene rings is 1. The second kappa shape index (κ2) is 6.53. The normalized spacial score (nSPS) is 15.3. The van der Waals surface area contributed by atoms with Crippen LogP contribution in [0.5, 0.6) is 0 Å². The van der Waals surface area contributed by atoms with Gasteiger partial charge in [-0.3, -0.25) is 0 Å². The lowest BCUT2D eigenvalue weighted by Gasteiger charge is -2.01. The minimum absolute atomic E-state index is 0.484. The van der Waals surface area contributed by atoms with Crippen molar-refractivity contribution in [3.05, 3.63) is 41.8 Å². The third-order valence-corrected chi connectivity index (χ3v) is 3.13. The summed E-state index contributed by atoms with van der Waals surface area (Å²) in [6.45, 7) is 2.01. The summed E-state index contributed by atoms with van der Waals surface area (Å²) in [5, 5.41) is 11.0. The lowest BCUT2D eigenvalue weighted by atomic mass is 10.2. The summed E-state index contributed by atoms with van der Waals surface area (Å²) in [6.07, 6.45) is 2.75. The van der Waals surface area contributed by atoms with E-state index < -0.39 is 16.9 Å². The summed E-state index contributed by atoms with van der Waals surface area (Å²) >= 11 is 0. The summed E-state index contributed by atoms with van der Waals surface area (Å²) in [5.74, 6) is 0. The van der Waals surface area contributed by atoms with Gasteiger partial charge in [0.2, 0.25) is 0 Å². The predicted molar refractivity (Wildman–Crippen MR) is 62.9 cm³/mol. The van der Waals surface area contributed by atoms with Crippen LogP contribution < -0.4 is 0 Å². The number of rotatable bonds is 5.